The van der Waals surface area contributed by atoms with Gasteiger partial charge < -0.3 is 14.9 Å². The molecule has 0 amide bonds. The second-order valence-electron chi connectivity index (χ2n) is 7.92. The van der Waals surface area contributed by atoms with Gasteiger partial charge in [0.15, 0.2) is 0 Å². The molecule has 0 saturated carbocycles. The van der Waals surface area contributed by atoms with Crippen molar-refractivity contribution >= 4 is 5.97 Å². The monoisotopic (exact) mass is 328 g/mol. The number of aliphatic hydroxyl groups excluding tert-OH is 1. The second-order valence-corrected chi connectivity index (χ2v) is 7.92. The van der Waals surface area contributed by atoms with E-state index in [1.807, 2.05) is 19.9 Å². The lowest BCUT2D eigenvalue weighted by molar-refractivity contribution is -0.136. The van der Waals surface area contributed by atoms with E-state index in [9.17, 15) is 15.0 Å². The molecule has 2 aliphatic carbocycles. The van der Waals surface area contributed by atoms with Gasteiger partial charge >= 0.3 is 5.97 Å². The molecule has 0 fully saturated rings. The van der Waals surface area contributed by atoms with Crippen molar-refractivity contribution in [2.45, 2.75) is 57.5 Å². The number of esters is 1. The van der Waals surface area contributed by atoms with Crippen molar-refractivity contribution in [3.63, 3.8) is 0 Å². The number of benzene rings is 1. The number of rotatable bonds is 1. The van der Waals surface area contributed by atoms with Crippen molar-refractivity contribution in [3.8, 4) is 5.75 Å². The predicted molar refractivity (Wildman–Crippen MR) is 89.8 cm³/mol. The van der Waals surface area contributed by atoms with Gasteiger partial charge in [0.1, 0.15) is 12.4 Å². The first-order chi connectivity index (χ1) is 11.3. The maximum absolute atomic E-state index is 11.9. The Bertz CT molecular complexity index is 761. The fourth-order valence-corrected chi connectivity index (χ4v) is 4.96. The third-order valence-corrected chi connectivity index (χ3v) is 6.35. The SMILES string of the molecule is CC(C)c1ccc2c(c1O)[C@H](O)C[C@H]1C3=C(CC[C@]21C)C(=O)OC3. The minimum Gasteiger partial charge on any atom is -0.507 e. The lowest BCUT2D eigenvalue weighted by Crippen LogP contribution is -2.42. The lowest BCUT2D eigenvalue weighted by atomic mass is 9.56. The normalized spacial score (nSPS) is 31.6. The van der Waals surface area contributed by atoms with Gasteiger partial charge in [-0.25, -0.2) is 4.79 Å². The van der Waals surface area contributed by atoms with E-state index >= 15 is 0 Å². The number of cyclic esters (lactones) is 1. The van der Waals surface area contributed by atoms with Gasteiger partial charge in [-0.2, -0.15) is 0 Å². The molecule has 0 bridgehead atoms. The van der Waals surface area contributed by atoms with Gasteiger partial charge in [0.2, 0.25) is 0 Å². The maximum atomic E-state index is 11.9. The number of hydrogen-bond acceptors (Lipinski definition) is 4. The average Bonchev–Trinajstić information content (AvgIpc) is 2.90. The Morgan fingerprint density at radius 1 is 1.33 bits per heavy atom. The first-order valence-corrected chi connectivity index (χ1v) is 8.78. The van der Waals surface area contributed by atoms with Gasteiger partial charge in [-0.15, -0.1) is 0 Å². The van der Waals surface area contributed by atoms with Crippen LogP contribution in [0.15, 0.2) is 23.3 Å². The summed E-state index contributed by atoms with van der Waals surface area (Å²) < 4.78 is 5.25. The predicted octanol–water partition coefficient (Wildman–Crippen LogP) is 3.47. The second kappa shape index (κ2) is 5.09. The summed E-state index contributed by atoms with van der Waals surface area (Å²) >= 11 is 0. The zero-order valence-electron chi connectivity index (χ0n) is 14.4. The molecule has 1 heterocycles. The number of aromatic hydroxyl groups is 1. The van der Waals surface area contributed by atoms with Crippen molar-refractivity contribution in [2.75, 3.05) is 6.61 Å². The van der Waals surface area contributed by atoms with E-state index in [0.29, 0.717) is 25.0 Å². The highest BCUT2D eigenvalue weighted by molar-refractivity contribution is 5.92. The Kier molecular flexibility index (Phi) is 3.33. The minimum absolute atomic E-state index is 0.0968. The van der Waals surface area contributed by atoms with Gasteiger partial charge in [0.25, 0.3) is 0 Å². The molecule has 128 valence electrons. The third kappa shape index (κ3) is 1.92. The zero-order valence-corrected chi connectivity index (χ0v) is 14.4. The summed E-state index contributed by atoms with van der Waals surface area (Å²) in [5.41, 5.74) is 4.30. The molecule has 3 aliphatic rings. The van der Waals surface area contributed by atoms with Gasteiger partial charge in [0.05, 0.1) is 6.10 Å². The van der Waals surface area contributed by atoms with E-state index < -0.39 is 6.10 Å². The molecule has 1 aliphatic heterocycles. The number of phenols is 1. The van der Waals surface area contributed by atoms with Crippen LogP contribution < -0.4 is 0 Å². The molecule has 0 saturated heterocycles. The van der Waals surface area contributed by atoms with Crippen molar-refractivity contribution in [1.82, 2.24) is 0 Å². The number of carbonyl (C=O) groups excluding carboxylic acids is 1. The first kappa shape index (κ1) is 15.7. The van der Waals surface area contributed by atoms with Crippen LogP contribution in [0.5, 0.6) is 5.75 Å². The highest BCUT2D eigenvalue weighted by Crippen LogP contribution is 2.57. The summed E-state index contributed by atoms with van der Waals surface area (Å²) in [5, 5.41) is 21.5. The standard InChI is InChI=1S/C20H24O4/c1-10(2)11-4-5-14-17(18(11)22)16(21)8-15-13-9-24-19(23)12(13)6-7-20(14,15)3/h4-5,10,15-16,21-22H,6-9H2,1-3H3/t15-,16+,20+/m0/s1. The van der Waals surface area contributed by atoms with Crippen LogP contribution in [0.4, 0.5) is 0 Å². The van der Waals surface area contributed by atoms with Crippen LogP contribution in [0.25, 0.3) is 0 Å². The van der Waals surface area contributed by atoms with E-state index in [1.54, 1.807) is 0 Å². The Labute approximate surface area is 142 Å². The Morgan fingerprint density at radius 2 is 2.08 bits per heavy atom. The van der Waals surface area contributed by atoms with Gasteiger partial charge in [-0.05, 0) is 47.8 Å². The largest absolute Gasteiger partial charge is 0.507 e. The maximum Gasteiger partial charge on any atom is 0.334 e. The van der Waals surface area contributed by atoms with Crippen LogP contribution >= 0.6 is 0 Å². The van der Waals surface area contributed by atoms with E-state index in [1.165, 1.54) is 0 Å². The number of fused-ring (bicyclic) bond motifs is 4. The molecule has 0 aromatic heterocycles. The topological polar surface area (TPSA) is 66.8 Å². The molecule has 0 unspecified atom stereocenters. The van der Waals surface area contributed by atoms with Crippen molar-refractivity contribution in [1.29, 1.82) is 0 Å². The Hall–Kier alpha value is -1.81. The summed E-state index contributed by atoms with van der Waals surface area (Å²) in [6.45, 7) is 6.64. The average molecular weight is 328 g/mol. The summed E-state index contributed by atoms with van der Waals surface area (Å²) in [5.74, 6) is 0.354. The van der Waals surface area contributed by atoms with Gasteiger partial charge in [-0.3, -0.25) is 0 Å². The molecular formula is C20H24O4. The number of carbonyl (C=O) groups is 1. The summed E-state index contributed by atoms with van der Waals surface area (Å²) in [6.07, 6.45) is 1.38. The molecule has 0 radical (unpaired) electrons. The number of ether oxygens (including phenoxy) is 1. The van der Waals surface area contributed by atoms with Gasteiger partial charge in [0, 0.05) is 16.6 Å². The van der Waals surface area contributed by atoms with Crippen LogP contribution in [0.1, 0.15) is 68.7 Å². The number of hydrogen-bond donors (Lipinski definition) is 2. The van der Waals surface area contributed by atoms with Crippen molar-refractivity contribution in [3.05, 3.63) is 40.0 Å². The molecule has 3 atom stereocenters. The van der Waals surface area contributed by atoms with E-state index in [2.05, 4.69) is 13.0 Å². The van der Waals surface area contributed by atoms with Crippen LogP contribution in [0, 0.1) is 5.92 Å². The highest BCUT2D eigenvalue weighted by atomic mass is 16.5. The quantitative estimate of drug-likeness (QED) is 0.775. The minimum atomic E-state index is -0.709. The summed E-state index contributed by atoms with van der Waals surface area (Å²) in [6, 6.07) is 4.06. The number of aliphatic hydroxyl groups is 1. The lowest BCUT2D eigenvalue weighted by Gasteiger charge is -2.48. The highest BCUT2D eigenvalue weighted by Gasteiger charge is 2.51. The molecule has 4 heteroatoms. The fraction of sp³-hybridized carbons (Fsp3) is 0.550. The van der Waals surface area contributed by atoms with Gasteiger partial charge in [-0.1, -0.05) is 32.9 Å². The van der Waals surface area contributed by atoms with E-state index in [0.717, 1.165) is 28.7 Å². The molecule has 1 aromatic carbocycles. The first-order valence-electron chi connectivity index (χ1n) is 8.78. The van der Waals surface area contributed by atoms with E-state index in [-0.39, 0.29) is 29.0 Å². The van der Waals surface area contributed by atoms with Crippen LogP contribution in [0.2, 0.25) is 0 Å². The molecular weight excluding hydrogens is 304 g/mol. The smallest absolute Gasteiger partial charge is 0.334 e. The van der Waals surface area contributed by atoms with E-state index in [4.69, 9.17) is 4.74 Å². The fourth-order valence-electron chi connectivity index (χ4n) is 4.96. The third-order valence-electron chi connectivity index (χ3n) is 6.35. The molecule has 0 spiro atoms. The van der Waals surface area contributed by atoms with Crippen LogP contribution in [-0.4, -0.2) is 22.8 Å². The Balaban J connectivity index is 1.88. The molecule has 4 nitrogen and oxygen atoms in total. The van der Waals surface area contributed by atoms with Crippen LogP contribution in [0.3, 0.4) is 0 Å². The summed E-state index contributed by atoms with van der Waals surface area (Å²) in [7, 11) is 0. The van der Waals surface area contributed by atoms with Crippen LogP contribution in [-0.2, 0) is 14.9 Å². The van der Waals surface area contributed by atoms with Crippen molar-refractivity contribution < 1.29 is 19.7 Å². The summed E-state index contributed by atoms with van der Waals surface area (Å²) in [4.78, 5) is 11.9. The molecule has 4 rings (SSSR count). The number of phenolic OH excluding ortho intramolecular Hbond substituents is 1. The molecule has 24 heavy (non-hydrogen) atoms. The molecule has 1 aromatic rings. The zero-order chi connectivity index (χ0) is 17.2. The Morgan fingerprint density at radius 3 is 2.79 bits per heavy atom. The van der Waals surface area contributed by atoms with Crippen molar-refractivity contribution in [2.24, 2.45) is 5.92 Å². The molecule has 2 N–H and O–H groups in total.